The molecule has 0 bridgehead atoms. The zero-order valence-electron chi connectivity index (χ0n) is 36.5. The predicted molar refractivity (Wildman–Crippen MR) is 235 cm³/mol. The van der Waals surface area contributed by atoms with Crippen LogP contribution in [-0.4, -0.2) is 137 Å². The Hall–Kier alpha value is -8.46. The first kappa shape index (κ1) is 52.9. The van der Waals surface area contributed by atoms with Gasteiger partial charge in [-0.2, -0.15) is 4.98 Å². The lowest BCUT2D eigenvalue weighted by molar-refractivity contribution is -0.144. The van der Waals surface area contributed by atoms with E-state index in [1.54, 1.807) is 31.2 Å². The van der Waals surface area contributed by atoms with Gasteiger partial charge in [0, 0.05) is 30.3 Å². The number of aromatic nitrogens is 4. The normalized spacial score (nSPS) is 13.5. The van der Waals surface area contributed by atoms with Crippen LogP contribution in [0, 0.1) is 0 Å². The summed E-state index contributed by atoms with van der Waals surface area (Å²) in [5.41, 5.74) is 17.3. The van der Waals surface area contributed by atoms with E-state index in [0.29, 0.717) is 16.9 Å². The number of anilines is 2. The van der Waals surface area contributed by atoms with E-state index in [0.717, 1.165) is 6.92 Å². The lowest BCUT2D eigenvalue weighted by Gasteiger charge is -2.25. The predicted octanol–water partition coefficient (Wildman–Crippen LogP) is -3.64. The molecule has 0 saturated heterocycles. The van der Waals surface area contributed by atoms with Gasteiger partial charge in [-0.15, -0.1) is 0 Å². The number of carboxylic acid groups (broad SMARTS) is 3. The Balaban J connectivity index is 1.57. The highest BCUT2D eigenvalue weighted by molar-refractivity contribution is 5.98. The number of H-pyrrole nitrogens is 1. The lowest BCUT2D eigenvalue weighted by atomic mass is 10.1. The van der Waals surface area contributed by atoms with E-state index < -0.39 is 108 Å². The van der Waals surface area contributed by atoms with E-state index in [4.69, 9.17) is 22.3 Å². The van der Waals surface area contributed by atoms with Gasteiger partial charge in [-0.1, -0.05) is 0 Å². The number of aliphatic imine (C=N–C) groups is 1. The monoisotopic (exact) mass is 939 g/mol. The molecule has 28 nitrogen and oxygen atoms in total. The maximum atomic E-state index is 13.5. The molecule has 0 aliphatic heterocycles. The highest BCUT2D eigenvalue weighted by Gasteiger charge is 2.33. The molecule has 0 fully saturated rings. The van der Waals surface area contributed by atoms with Gasteiger partial charge in [0.2, 0.25) is 35.5 Å². The van der Waals surface area contributed by atoms with E-state index in [1.165, 1.54) is 13.1 Å². The average molecular weight is 940 g/mol. The summed E-state index contributed by atoms with van der Waals surface area (Å²) in [7, 11) is 0. The van der Waals surface area contributed by atoms with Gasteiger partial charge in [0.25, 0.3) is 11.5 Å². The first-order valence-electron chi connectivity index (χ1n) is 20.4. The third-order valence-corrected chi connectivity index (χ3v) is 9.39. The van der Waals surface area contributed by atoms with E-state index in [1.807, 2.05) is 10.6 Å². The van der Waals surface area contributed by atoms with Gasteiger partial charge >= 0.3 is 17.9 Å². The van der Waals surface area contributed by atoms with E-state index in [2.05, 4.69) is 51.5 Å². The number of nitrogens with zero attached hydrogens (tertiary/aromatic N) is 4. The lowest BCUT2D eigenvalue weighted by Crippen LogP contribution is -2.59. The van der Waals surface area contributed by atoms with E-state index in [9.17, 15) is 58.2 Å². The number of nitrogens with one attached hydrogen (secondary N) is 8. The Labute approximate surface area is 380 Å². The number of aliphatic carboxylic acids is 3. The molecule has 28 heteroatoms. The number of aromatic amines is 1. The molecule has 362 valence electrons. The summed E-state index contributed by atoms with van der Waals surface area (Å²) in [5, 5.41) is 44.9. The molecule has 0 aliphatic carbocycles. The molecule has 1 aromatic carbocycles. The van der Waals surface area contributed by atoms with Gasteiger partial charge in [0.05, 0.1) is 31.3 Å². The molecule has 0 unspecified atom stereocenters. The fourth-order valence-corrected chi connectivity index (χ4v) is 5.85. The SMILES string of the molecule is C[C@H](CCC(=O)N[C@@H](C)C(=O)N[C@@H](CCCN=C(N)N)C(=O)N[C@@H](CC(=O)O)C(=O)N[C@@H](CC(=O)O)C(=O)N[C@@H](C)C(=O)O)NC(=O)c1ccc(NCc2cnc3nc(N)[nH]c(=O)c3n2)cc1. The van der Waals surface area contributed by atoms with Crippen molar-refractivity contribution < 1.29 is 58.5 Å². The Morgan fingerprint density at radius 2 is 1.31 bits per heavy atom. The number of hydrogen-bond acceptors (Lipinski definition) is 16. The number of rotatable bonds is 26. The summed E-state index contributed by atoms with van der Waals surface area (Å²) >= 11 is 0. The third kappa shape index (κ3) is 17.9. The first-order chi connectivity index (χ1) is 31.5. The third-order valence-electron chi connectivity index (χ3n) is 9.39. The van der Waals surface area contributed by atoms with E-state index in [-0.39, 0.29) is 61.8 Å². The zero-order chi connectivity index (χ0) is 50.0. The van der Waals surface area contributed by atoms with Crippen molar-refractivity contribution in [1.82, 2.24) is 51.8 Å². The summed E-state index contributed by atoms with van der Waals surface area (Å²) in [6, 6.07) is -2.09. The number of hydrogen-bond donors (Lipinski definition) is 14. The first-order valence-corrected chi connectivity index (χ1v) is 20.4. The number of nitrogen functional groups attached to an aromatic ring is 1. The Morgan fingerprint density at radius 3 is 1.90 bits per heavy atom. The van der Waals surface area contributed by atoms with Crippen LogP contribution in [0.3, 0.4) is 0 Å². The van der Waals surface area contributed by atoms with Gasteiger partial charge < -0.3 is 69.7 Å². The van der Waals surface area contributed by atoms with Crippen molar-refractivity contribution in [3.63, 3.8) is 0 Å². The van der Waals surface area contributed by atoms with Crippen LogP contribution in [-0.2, 0) is 44.9 Å². The van der Waals surface area contributed by atoms with Crippen LogP contribution in [0.1, 0.15) is 75.3 Å². The van der Waals surface area contributed by atoms with Crippen molar-refractivity contribution in [2.45, 2.75) is 102 Å². The molecule has 6 amide bonds. The van der Waals surface area contributed by atoms with Crippen molar-refractivity contribution in [2.24, 2.45) is 16.5 Å². The number of benzene rings is 1. The maximum Gasteiger partial charge on any atom is 0.325 e. The summed E-state index contributed by atoms with van der Waals surface area (Å²) in [5.74, 6) is -10.5. The van der Waals surface area contributed by atoms with E-state index >= 15 is 0 Å². The molecule has 2 heterocycles. The van der Waals surface area contributed by atoms with Gasteiger partial charge in [-0.3, -0.25) is 57.9 Å². The molecular weight excluding hydrogens is 887 g/mol. The molecule has 3 rings (SSSR count). The van der Waals surface area contributed by atoms with Crippen molar-refractivity contribution in [1.29, 1.82) is 0 Å². The minimum absolute atomic E-state index is 0.0195. The second-order valence-corrected chi connectivity index (χ2v) is 15.0. The second-order valence-electron chi connectivity index (χ2n) is 15.0. The smallest absolute Gasteiger partial charge is 0.325 e. The highest BCUT2D eigenvalue weighted by atomic mass is 16.4. The van der Waals surface area contributed by atoms with Crippen LogP contribution in [0.4, 0.5) is 11.6 Å². The number of fused-ring (bicyclic) bond motifs is 1. The minimum atomic E-state index is -1.93. The summed E-state index contributed by atoms with van der Waals surface area (Å²) < 4.78 is 0. The molecule has 67 heavy (non-hydrogen) atoms. The Kier molecular flexibility index (Phi) is 19.8. The van der Waals surface area contributed by atoms with Gasteiger partial charge in [-0.25, -0.2) is 9.97 Å². The molecule has 0 aliphatic rings. The molecular formula is C39H53N15O13. The number of carbonyl (C=O) groups excluding carboxylic acids is 6. The van der Waals surface area contributed by atoms with Crippen molar-refractivity contribution in [3.05, 3.63) is 52.1 Å². The van der Waals surface area contributed by atoms with Gasteiger partial charge in [0.15, 0.2) is 17.1 Å². The molecule has 0 radical (unpaired) electrons. The largest absolute Gasteiger partial charge is 0.481 e. The standard InChI is InChI=1S/C39H53N15O13/c1-17(46-32(61)20-7-9-21(10-8-20)44-15-22-16-45-30-29(49-22)36(65)54-39(42)53-30)6-11-26(55)47-18(2)31(60)50-23(5-4-12-43-38(40)41)33(62)51-25(14-28(58)59)35(64)52-24(13-27(56)57)34(63)48-19(3)37(66)67/h7-10,16-19,23-25,44H,4-6,11-15H2,1-3H3,(H,46,61)(H,47,55)(H,48,63)(H,50,60)(H,51,62)(H,52,64)(H,56,57)(H,58,59)(H,66,67)(H4,40,41,43)(H3,42,45,53,54,65)/t17-,18+,19+,23+,24+,25+/m1/s1. The van der Waals surface area contributed by atoms with Crippen molar-refractivity contribution >= 4 is 82.1 Å². The number of carboxylic acids is 3. The number of carbonyl (C=O) groups is 9. The van der Waals surface area contributed by atoms with Crippen LogP contribution >= 0.6 is 0 Å². The van der Waals surface area contributed by atoms with Crippen molar-refractivity contribution in [3.8, 4) is 0 Å². The van der Waals surface area contributed by atoms with Crippen LogP contribution < -0.4 is 60.0 Å². The van der Waals surface area contributed by atoms with Gasteiger partial charge in [-0.05, 0) is 64.3 Å². The summed E-state index contributed by atoms with van der Waals surface area (Å²) in [6.07, 6.45) is -0.762. The molecule has 17 N–H and O–H groups in total. The zero-order valence-corrected chi connectivity index (χ0v) is 36.5. The fourth-order valence-electron chi connectivity index (χ4n) is 5.85. The van der Waals surface area contributed by atoms with Gasteiger partial charge in [0.1, 0.15) is 30.2 Å². The molecule has 0 spiro atoms. The Morgan fingerprint density at radius 1 is 0.731 bits per heavy atom. The fraction of sp³-hybridized carbons (Fsp3) is 0.436. The number of amides is 6. The minimum Gasteiger partial charge on any atom is -0.481 e. The average Bonchev–Trinajstić information content (AvgIpc) is 3.25. The van der Waals surface area contributed by atoms with Crippen LogP contribution in [0.2, 0.25) is 0 Å². The molecule has 6 atom stereocenters. The number of guanidine groups is 1. The van der Waals surface area contributed by atoms with Crippen molar-refractivity contribution in [2.75, 3.05) is 17.6 Å². The second kappa shape index (κ2) is 25.1. The highest BCUT2D eigenvalue weighted by Crippen LogP contribution is 2.13. The Bertz CT molecular complexity index is 2410. The molecule has 3 aromatic rings. The molecule has 0 saturated carbocycles. The molecule has 2 aromatic heterocycles. The summed E-state index contributed by atoms with van der Waals surface area (Å²) in [4.78, 5) is 143. The topological polar surface area (TPSA) is 460 Å². The maximum absolute atomic E-state index is 13.5. The van der Waals surface area contributed by atoms with Crippen LogP contribution in [0.15, 0.2) is 40.2 Å². The summed E-state index contributed by atoms with van der Waals surface area (Å²) in [6.45, 7) is 4.24. The quantitative estimate of drug-likeness (QED) is 0.0210. The number of nitrogens with two attached hydrogens (primary N) is 3. The van der Waals surface area contributed by atoms with Crippen LogP contribution in [0.25, 0.3) is 11.2 Å². The van der Waals surface area contributed by atoms with Crippen LogP contribution in [0.5, 0.6) is 0 Å².